The first-order valence-electron chi connectivity index (χ1n) is 9.84. The van der Waals surface area contributed by atoms with Crippen molar-refractivity contribution >= 4 is 5.95 Å². The maximum absolute atomic E-state index is 4.62. The Kier molecular flexibility index (Phi) is 4.54. The van der Waals surface area contributed by atoms with E-state index in [1.54, 1.807) is 0 Å². The molecule has 0 unspecified atom stereocenters. The van der Waals surface area contributed by atoms with Gasteiger partial charge in [0, 0.05) is 69.3 Å². The predicted octanol–water partition coefficient (Wildman–Crippen LogP) is 1.93. The number of likely N-dealkylation sites (N-methyl/N-ethyl adjacent to an activating group) is 1. The van der Waals surface area contributed by atoms with Gasteiger partial charge in [-0.3, -0.25) is 4.90 Å². The smallest absolute Gasteiger partial charge is 0.225 e. The topological polar surface area (TPSA) is 53.3 Å². The summed E-state index contributed by atoms with van der Waals surface area (Å²) in [6.07, 6.45) is 5.95. The molecule has 2 aromatic heterocycles. The van der Waals surface area contributed by atoms with Gasteiger partial charge in [-0.15, -0.1) is 0 Å². The van der Waals surface area contributed by atoms with Crippen molar-refractivity contribution < 1.29 is 0 Å². The fourth-order valence-corrected chi connectivity index (χ4v) is 3.98. The van der Waals surface area contributed by atoms with Crippen LogP contribution in [0, 0.1) is 0 Å². The second kappa shape index (κ2) is 7.33. The summed E-state index contributed by atoms with van der Waals surface area (Å²) in [7, 11) is 2.16. The molecule has 144 valence electrons. The monoisotopic (exact) mass is 375 g/mol. The average Bonchev–Trinajstić information content (AvgIpc) is 3.30. The van der Waals surface area contributed by atoms with Gasteiger partial charge in [0.25, 0.3) is 0 Å². The molecule has 0 bridgehead atoms. The number of nitrogens with zero attached hydrogens (tertiary/aromatic N) is 7. The van der Waals surface area contributed by atoms with Crippen LogP contribution in [0.15, 0.2) is 48.9 Å². The van der Waals surface area contributed by atoms with Crippen LogP contribution < -0.4 is 4.90 Å². The van der Waals surface area contributed by atoms with E-state index < -0.39 is 0 Å². The Morgan fingerprint density at radius 2 is 1.64 bits per heavy atom. The molecule has 3 aromatic rings. The molecule has 0 amide bonds. The van der Waals surface area contributed by atoms with E-state index in [4.69, 9.17) is 0 Å². The van der Waals surface area contributed by atoms with Crippen LogP contribution in [0.25, 0.3) is 5.69 Å². The van der Waals surface area contributed by atoms with Gasteiger partial charge in [-0.1, -0.05) is 18.2 Å². The van der Waals surface area contributed by atoms with Gasteiger partial charge in [0.05, 0.1) is 17.6 Å². The highest BCUT2D eigenvalue weighted by Crippen LogP contribution is 2.26. The lowest BCUT2D eigenvalue weighted by molar-refractivity contribution is 0.269. The maximum atomic E-state index is 4.62. The third kappa shape index (κ3) is 3.39. The summed E-state index contributed by atoms with van der Waals surface area (Å²) in [6.45, 7) is 6.78. The molecule has 2 aliphatic rings. The van der Waals surface area contributed by atoms with E-state index in [2.05, 4.69) is 65.8 Å². The highest BCUT2D eigenvalue weighted by Gasteiger charge is 2.24. The third-order valence-corrected chi connectivity index (χ3v) is 5.61. The Labute approximate surface area is 165 Å². The number of piperazine rings is 1. The quantitative estimate of drug-likeness (QED) is 0.695. The average molecular weight is 375 g/mol. The largest absolute Gasteiger partial charge is 0.338 e. The van der Waals surface area contributed by atoms with Crippen LogP contribution in [0.5, 0.6) is 0 Å². The van der Waals surface area contributed by atoms with Gasteiger partial charge in [-0.2, -0.15) is 5.10 Å². The van der Waals surface area contributed by atoms with E-state index in [1.165, 1.54) is 11.3 Å². The van der Waals surface area contributed by atoms with E-state index >= 15 is 0 Å². The minimum atomic E-state index is 0.848. The Hall–Kier alpha value is -2.77. The summed E-state index contributed by atoms with van der Waals surface area (Å²) in [5, 5.41) is 4.57. The number of hydrogen-bond donors (Lipinski definition) is 0. The molecule has 0 spiro atoms. The molecule has 0 N–H and O–H groups in total. The summed E-state index contributed by atoms with van der Waals surface area (Å²) < 4.78 is 2.06. The Morgan fingerprint density at radius 3 is 2.39 bits per heavy atom. The fourth-order valence-electron chi connectivity index (χ4n) is 3.98. The van der Waals surface area contributed by atoms with Gasteiger partial charge < -0.3 is 9.80 Å². The highest BCUT2D eigenvalue weighted by molar-refractivity contribution is 5.36. The van der Waals surface area contributed by atoms with Gasteiger partial charge in [-0.05, 0) is 19.2 Å². The van der Waals surface area contributed by atoms with Crippen molar-refractivity contribution in [3.8, 4) is 5.69 Å². The van der Waals surface area contributed by atoms with Crippen molar-refractivity contribution in [3.63, 3.8) is 0 Å². The number of fused-ring (bicyclic) bond motifs is 1. The number of benzene rings is 1. The van der Waals surface area contributed by atoms with Gasteiger partial charge in [0.2, 0.25) is 5.95 Å². The Balaban J connectivity index is 1.24. The first-order chi connectivity index (χ1) is 13.8. The zero-order valence-corrected chi connectivity index (χ0v) is 16.2. The summed E-state index contributed by atoms with van der Waals surface area (Å²) >= 11 is 0. The van der Waals surface area contributed by atoms with Crippen molar-refractivity contribution in [1.82, 2.24) is 29.5 Å². The van der Waals surface area contributed by atoms with Gasteiger partial charge in [-0.25, -0.2) is 14.6 Å². The van der Waals surface area contributed by atoms with Crippen LogP contribution in [-0.4, -0.2) is 62.8 Å². The van der Waals surface area contributed by atoms with Crippen LogP contribution in [0.2, 0.25) is 0 Å². The minimum Gasteiger partial charge on any atom is -0.338 e. The number of aromatic nitrogens is 4. The molecule has 1 fully saturated rings. The zero-order valence-electron chi connectivity index (χ0n) is 16.2. The van der Waals surface area contributed by atoms with Crippen LogP contribution in [0.3, 0.4) is 0 Å². The molecule has 5 rings (SSSR count). The molecular weight excluding hydrogens is 350 g/mol. The number of anilines is 1. The van der Waals surface area contributed by atoms with Crippen molar-refractivity contribution in [2.24, 2.45) is 0 Å². The lowest BCUT2D eigenvalue weighted by Crippen LogP contribution is -2.45. The first kappa shape index (κ1) is 17.3. The van der Waals surface area contributed by atoms with Crippen molar-refractivity contribution in [3.05, 3.63) is 65.7 Å². The number of para-hydroxylation sites is 1. The Morgan fingerprint density at radius 1 is 0.893 bits per heavy atom. The first-order valence-corrected chi connectivity index (χ1v) is 9.84. The highest BCUT2D eigenvalue weighted by atomic mass is 15.3. The predicted molar refractivity (Wildman–Crippen MR) is 108 cm³/mol. The second-order valence-electron chi connectivity index (χ2n) is 7.69. The van der Waals surface area contributed by atoms with E-state index in [-0.39, 0.29) is 0 Å². The van der Waals surface area contributed by atoms with E-state index in [0.29, 0.717) is 0 Å². The summed E-state index contributed by atoms with van der Waals surface area (Å²) in [6, 6.07) is 10.3. The molecule has 0 atom stereocenters. The second-order valence-corrected chi connectivity index (χ2v) is 7.69. The summed E-state index contributed by atoms with van der Waals surface area (Å²) in [5.41, 5.74) is 4.85. The van der Waals surface area contributed by atoms with Crippen molar-refractivity contribution in [1.29, 1.82) is 0 Å². The summed E-state index contributed by atoms with van der Waals surface area (Å²) in [5.74, 6) is 0.848. The number of rotatable bonds is 4. The van der Waals surface area contributed by atoms with Crippen LogP contribution >= 0.6 is 0 Å². The van der Waals surface area contributed by atoms with Crippen molar-refractivity contribution in [2.75, 3.05) is 38.1 Å². The Bertz CT molecular complexity index is 927. The lowest BCUT2D eigenvalue weighted by Gasteiger charge is -2.32. The molecule has 0 saturated carbocycles. The van der Waals surface area contributed by atoms with Gasteiger partial charge in [0.15, 0.2) is 0 Å². The molecule has 28 heavy (non-hydrogen) atoms. The van der Waals surface area contributed by atoms with E-state index in [1.807, 2.05) is 24.7 Å². The molecule has 2 aliphatic heterocycles. The van der Waals surface area contributed by atoms with Crippen LogP contribution in [0.4, 0.5) is 5.95 Å². The molecular formula is C21H25N7. The summed E-state index contributed by atoms with van der Waals surface area (Å²) in [4.78, 5) is 16.3. The maximum Gasteiger partial charge on any atom is 0.225 e. The molecule has 7 heteroatoms. The lowest BCUT2D eigenvalue weighted by atomic mass is 10.3. The number of hydrogen-bond acceptors (Lipinski definition) is 6. The SMILES string of the molecule is CN1CCN(c2ncc(CN3Cc4cnn(-c5ccccc5)c4C3)cn2)CC1. The van der Waals surface area contributed by atoms with E-state index in [0.717, 1.165) is 63.0 Å². The third-order valence-electron chi connectivity index (χ3n) is 5.61. The van der Waals surface area contributed by atoms with Gasteiger partial charge >= 0.3 is 0 Å². The molecule has 7 nitrogen and oxygen atoms in total. The van der Waals surface area contributed by atoms with E-state index in [9.17, 15) is 0 Å². The normalized spacial score (nSPS) is 17.8. The molecule has 1 saturated heterocycles. The fraction of sp³-hybridized carbons (Fsp3) is 0.381. The van der Waals surface area contributed by atoms with Crippen LogP contribution in [-0.2, 0) is 19.6 Å². The molecule has 1 aromatic carbocycles. The van der Waals surface area contributed by atoms with Gasteiger partial charge in [0.1, 0.15) is 0 Å². The minimum absolute atomic E-state index is 0.848. The molecule has 0 radical (unpaired) electrons. The molecule has 4 heterocycles. The van der Waals surface area contributed by atoms with Crippen LogP contribution in [0.1, 0.15) is 16.8 Å². The standard InChI is InChI=1S/C21H25N7/c1-25-7-9-27(10-8-25)21-22-11-17(12-23-21)14-26-15-18-13-24-28(20(18)16-26)19-5-3-2-4-6-19/h2-6,11-13H,7-10,14-16H2,1H3. The zero-order chi connectivity index (χ0) is 18.9. The molecule has 0 aliphatic carbocycles. The van der Waals surface area contributed by atoms with Crippen molar-refractivity contribution in [2.45, 2.75) is 19.6 Å².